The molecule has 0 saturated heterocycles. The largest absolute Gasteiger partial charge is 0.545 e. The third kappa shape index (κ3) is 2.96. The molecule has 2 aromatic rings. The zero-order valence-electron chi connectivity index (χ0n) is 13.7. The van der Waals surface area contributed by atoms with E-state index in [4.69, 9.17) is 9.47 Å². The molecule has 0 radical (unpaired) electrons. The maximum Gasteiger partial charge on any atom is 0.261 e. The normalized spacial score (nSPS) is 17.4. The molecule has 8 heteroatoms. The van der Waals surface area contributed by atoms with Crippen molar-refractivity contribution >= 4 is 21.7 Å². The number of nitrogens with one attached hydrogen (secondary N) is 1. The quantitative estimate of drug-likeness (QED) is 0.876. The first-order chi connectivity index (χ1) is 12.4. The standard InChI is InChI=1S/C18H17NO6S/c20-17(21)12-3-6-14(7-4-12)26(22,23)19-13-5-8-15-16(11-13)25-18(24-15)9-1-2-10-18/h3-8,11,19H,1-2,9-10H2,(H,20,21)/p-1. The number of rotatable bonds is 4. The van der Waals surface area contributed by atoms with Crippen LogP contribution in [0.25, 0.3) is 0 Å². The number of ether oxygens (including phenoxy) is 2. The maximum atomic E-state index is 12.5. The minimum Gasteiger partial charge on any atom is -0.545 e. The summed E-state index contributed by atoms with van der Waals surface area (Å²) in [6.07, 6.45) is 3.70. The van der Waals surface area contributed by atoms with Gasteiger partial charge in [-0.15, -0.1) is 0 Å². The van der Waals surface area contributed by atoms with Crippen molar-refractivity contribution < 1.29 is 27.8 Å². The first-order valence-electron chi connectivity index (χ1n) is 8.23. The van der Waals surface area contributed by atoms with Gasteiger partial charge in [-0.25, -0.2) is 8.42 Å². The molecule has 1 aliphatic carbocycles. The SMILES string of the molecule is O=C([O-])c1ccc(S(=O)(=O)Nc2ccc3c(c2)OC2(CCCC2)O3)cc1. The fraction of sp³-hybridized carbons (Fsp3) is 0.278. The zero-order valence-corrected chi connectivity index (χ0v) is 14.5. The second kappa shape index (κ2) is 5.91. The fourth-order valence-corrected chi connectivity index (χ4v) is 4.31. The molecule has 0 atom stereocenters. The second-order valence-corrected chi connectivity index (χ2v) is 8.08. The molecule has 1 heterocycles. The monoisotopic (exact) mass is 374 g/mol. The minimum atomic E-state index is -3.86. The molecule has 4 rings (SSSR count). The lowest BCUT2D eigenvalue weighted by atomic mass is 10.2. The first kappa shape index (κ1) is 16.7. The van der Waals surface area contributed by atoms with Crippen molar-refractivity contribution in [1.82, 2.24) is 0 Å². The fourth-order valence-electron chi connectivity index (χ4n) is 3.26. The number of sulfonamides is 1. The molecule has 26 heavy (non-hydrogen) atoms. The Morgan fingerprint density at radius 3 is 2.31 bits per heavy atom. The lowest BCUT2D eigenvalue weighted by Crippen LogP contribution is -2.34. The van der Waals surface area contributed by atoms with Crippen LogP contribution in [0.4, 0.5) is 5.69 Å². The Hall–Kier alpha value is -2.74. The lowest BCUT2D eigenvalue weighted by Gasteiger charge is -2.21. The summed E-state index contributed by atoms with van der Waals surface area (Å²) in [5, 5.41) is 10.8. The number of aromatic carboxylic acids is 1. The first-order valence-corrected chi connectivity index (χ1v) is 9.72. The minimum absolute atomic E-state index is 0.0487. The van der Waals surface area contributed by atoms with Gasteiger partial charge in [0.05, 0.1) is 16.6 Å². The van der Waals surface area contributed by atoms with Crippen molar-refractivity contribution in [2.24, 2.45) is 0 Å². The van der Waals surface area contributed by atoms with Crippen LogP contribution in [0, 0.1) is 0 Å². The summed E-state index contributed by atoms with van der Waals surface area (Å²) in [5.74, 6) is -0.855. The zero-order chi connectivity index (χ0) is 18.4. The highest BCUT2D eigenvalue weighted by atomic mass is 32.2. The summed E-state index contributed by atoms with van der Waals surface area (Å²) in [6.45, 7) is 0. The molecule has 7 nitrogen and oxygen atoms in total. The summed E-state index contributed by atoms with van der Waals surface area (Å²) < 4.78 is 39.3. The highest BCUT2D eigenvalue weighted by Gasteiger charge is 2.44. The smallest absolute Gasteiger partial charge is 0.261 e. The third-order valence-corrected chi connectivity index (χ3v) is 5.95. The predicted octanol–water partition coefficient (Wildman–Crippen LogP) is 1.89. The highest BCUT2D eigenvalue weighted by molar-refractivity contribution is 7.92. The lowest BCUT2D eigenvalue weighted by molar-refractivity contribution is -0.255. The number of carbonyl (C=O) groups is 1. The van der Waals surface area contributed by atoms with E-state index >= 15 is 0 Å². The molecule has 0 bridgehead atoms. The second-order valence-electron chi connectivity index (χ2n) is 6.40. The Kier molecular flexibility index (Phi) is 3.80. The Labute approximate surface area is 150 Å². The Morgan fingerprint density at radius 2 is 1.65 bits per heavy atom. The van der Waals surface area contributed by atoms with E-state index in [0.29, 0.717) is 17.2 Å². The number of anilines is 1. The average molecular weight is 374 g/mol. The highest BCUT2D eigenvalue weighted by Crippen LogP contribution is 2.47. The summed E-state index contributed by atoms with van der Waals surface area (Å²) in [5.41, 5.74) is 0.250. The number of carbonyl (C=O) groups excluding carboxylic acids is 1. The molecule has 0 unspecified atom stereocenters. The van der Waals surface area contributed by atoms with Gasteiger partial charge in [-0.05, 0) is 42.7 Å². The Balaban J connectivity index is 1.55. The van der Waals surface area contributed by atoms with E-state index in [1.807, 2.05) is 0 Å². The van der Waals surface area contributed by atoms with Crippen molar-refractivity contribution in [2.45, 2.75) is 36.4 Å². The van der Waals surface area contributed by atoms with Crippen molar-refractivity contribution in [3.8, 4) is 11.5 Å². The Bertz CT molecular complexity index is 962. The van der Waals surface area contributed by atoms with Crippen molar-refractivity contribution in [2.75, 3.05) is 4.72 Å². The van der Waals surface area contributed by atoms with Gasteiger partial charge in [-0.3, -0.25) is 4.72 Å². The number of hydrogen-bond donors (Lipinski definition) is 1. The number of benzene rings is 2. The van der Waals surface area contributed by atoms with Gasteiger partial charge in [0.25, 0.3) is 15.8 Å². The molecule has 0 aromatic heterocycles. The number of hydrogen-bond acceptors (Lipinski definition) is 6. The van der Waals surface area contributed by atoms with Gasteiger partial charge < -0.3 is 19.4 Å². The molecule has 1 spiro atoms. The van der Waals surface area contributed by atoms with Gasteiger partial charge in [0.1, 0.15) is 0 Å². The summed E-state index contributed by atoms with van der Waals surface area (Å²) in [4.78, 5) is 10.7. The summed E-state index contributed by atoms with van der Waals surface area (Å²) >= 11 is 0. The van der Waals surface area contributed by atoms with Crippen LogP contribution in [0.1, 0.15) is 36.0 Å². The van der Waals surface area contributed by atoms with Gasteiger partial charge >= 0.3 is 0 Å². The van der Waals surface area contributed by atoms with Crippen LogP contribution in [-0.4, -0.2) is 20.2 Å². The van der Waals surface area contributed by atoms with E-state index in [0.717, 1.165) is 25.7 Å². The van der Waals surface area contributed by atoms with Gasteiger partial charge in [-0.2, -0.15) is 0 Å². The average Bonchev–Trinajstić information content (AvgIpc) is 3.20. The van der Waals surface area contributed by atoms with E-state index in [9.17, 15) is 18.3 Å². The van der Waals surface area contributed by atoms with Crippen LogP contribution in [0.5, 0.6) is 11.5 Å². The van der Waals surface area contributed by atoms with E-state index < -0.39 is 21.8 Å². The number of fused-ring (bicyclic) bond motifs is 1. The van der Waals surface area contributed by atoms with Gasteiger partial charge in [0.2, 0.25) is 0 Å². The van der Waals surface area contributed by atoms with Crippen LogP contribution in [0.3, 0.4) is 0 Å². The number of carboxylic acids is 1. The van der Waals surface area contributed by atoms with E-state index in [1.165, 1.54) is 24.3 Å². The molecule has 1 fully saturated rings. The third-order valence-electron chi connectivity index (χ3n) is 4.55. The molecule has 2 aliphatic rings. The van der Waals surface area contributed by atoms with Crippen molar-refractivity contribution in [3.63, 3.8) is 0 Å². The molecular weight excluding hydrogens is 358 g/mol. The molecule has 0 amide bonds. The predicted molar refractivity (Wildman–Crippen MR) is 90.5 cm³/mol. The van der Waals surface area contributed by atoms with Gasteiger partial charge in [0, 0.05) is 18.9 Å². The molecular formula is C18H16NO6S-. The van der Waals surface area contributed by atoms with E-state index in [2.05, 4.69) is 4.72 Å². The number of carboxylic acid groups (broad SMARTS) is 1. The van der Waals surface area contributed by atoms with Crippen LogP contribution in [0.2, 0.25) is 0 Å². The molecule has 2 aromatic carbocycles. The molecule has 136 valence electrons. The van der Waals surface area contributed by atoms with Crippen LogP contribution in [-0.2, 0) is 10.0 Å². The van der Waals surface area contributed by atoms with Crippen LogP contribution in [0.15, 0.2) is 47.4 Å². The maximum absolute atomic E-state index is 12.5. The van der Waals surface area contributed by atoms with E-state index in [1.54, 1.807) is 18.2 Å². The molecule has 1 saturated carbocycles. The van der Waals surface area contributed by atoms with Gasteiger partial charge in [-0.1, -0.05) is 12.1 Å². The summed E-state index contributed by atoms with van der Waals surface area (Å²) in [6, 6.07) is 9.68. The Morgan fingerprint density at radius 1 is 1.00 bits per heavy atom. The van der Waals surface area contributed by atoms with E-state index in [-0.39, 0.29) is 10.5 Å². The van der Waals surface area contributed by atoms with Crippen LogP contribution >= 0.6 is 0 Å². The molecule has 1 aliphatic heterocycles. The van der Waals surface area contributed by atoms with Crippen molar-refractivity contribution in [1.29, 1.82) is 0 Å². The topological polar surface area (TPSA) is 105 Å². The van der Waals surface area contributed by atoms with Crippen molar-refractivity contribution in [3.05, 3.63) is 48.0 Å². The molecule has 1 N–H and O–H groups in total. The van der Waals surface area contributed by atoms with Crippen LogP contribution < -0.4 is 19.3 Å². The van der Waals surface area contributed by atoms with Gasteiger partial charge in [0.15, 0.2) is 11.5 Å². The summed E-state index contributed by atoms with van der Waals surface area (Å²) in [7, 11) is -3.86.